The average molecular weight is 410 g/mol. The van der Waals surface area contributed by atoms with Gasteiger partial charge in [-0.3, -0.25) is 0 Å². The summed E-state index contributed by atoms with van der Waals surface area (Å²) in [4.78, 5) is 0. The molecule has 0 heterocycles. The molecule has 17 heavy (non-hydrogen) atoms. The van der Waals surface area contributed by atoms with Crippen molar-refractivity contribution in [2.45, 2.75) is 0 Å². The molecule has 0 saturated heterocycles. The summed E-state index contributed by atoms with van der Waals surface area (Å²) < 4.78 is 0. The molecular weight excluding hydrogens is 393 g/mol. The number of hydrogen-bond acceptors (Lipinski definition) is 9. The molecule has 0 aliphatic heterocycles. The average Bonchev–Trinajstić information content (AvgIpc) is 1.54. The van der Waals surface area contributed by atoms with Crippen molar-refractivity contribution in [2.24, 2.45) is 0 Å². The van der Waals surface area contributed by atoms with Gasteiger partial charge in [-0.1, -0.05) is 0 Å². The molecule has 0 radical (unpaired) electrons. The van der Waals surface area contributed by atoms with Crippen LogP contribution in [-0.4, -0.2) is 153 Å². The van der Waals surface area contributed by atoms with Crippen molar-refractivity contribution in [1.82, 2.24) is 0 Å². The van der Waals surface area contributed by atoms with Crippen molar-refractivity contribution in [2.75, 3.05) is 0 Å². The van der Waals surface area contributed by atoms with Gasteiger partial charge in [-0.25, -0.2) is 0 Å². The molecule has 0 aromatic heterocycles. The Bertz CT molecular complexity index is 50.2. The maximum atomic E-state index is 7.17. The van der Waals surface area contributed by atoms with Gasteiger partial charge >= 0.3 is 90.9 Å². The second-order valence-corrected chi connectivity index (χ2v) is 1.04. The van der Waals surface area contributed by atoms with Gasteiger partial charge in [-0.15, -0.1) is 12.4 Å². The molecule has 0 atom stereocenters. The first-order chi connectivity index (χ1) is 5.20. The normalized spacial score (nSPS) is 4.76. The zero-order valence-electron chi connectivity index (χ0n) is 7.67. The maximum absolute atomic E-state index is 7.17. The fraction of sp³-hybridized carbons (Fsp3) is 0. The molecule has 0 saturated carbocycles. The van der Waals surface area contributed by atoms with Crippen LogP contribution in [0.3, 0.4) is 0 Å². The first-order valence-electron chi connectivity index (χ1n) is 2.32. The molecule has 0 amide bonds. The molecule has 106 valence electrons. The Labute approximate surface area is 162 Å². The second kappa shape index (κ2) is 43.0. The summed E-state index contributed by atoms with van der Waals surface area (Å²) in [6.07, 6.45) is 0. The van der Waals surface area contributed by atoms with E-state index in [4.69, 9.17) is 45.2 Å². The number of rotatable bonds is 0. The summed E-state index contributed by atoms with van der Waals surface area (Å²) in [6, 6.07) is 0. The van der Waals surface area contributed by atoms with E-state index in [2.05, 4.69) is 0 Å². The third-order valence-electron chi connectivity index (χ3n) is 0. The standard InChI is InChI=1S/3BH3O3.ClH.Cs.3H2O.H/c3*2-1(3)4;;;;;;/h3*2-4H;1H;;3*1H2;. The van der Waals surface area contributed by atoms with Gasteiger partial charge in [0, 0.05) is 0 Å². The first-order valence-corrected chi connectivity index (χ1v) is 2.32. The van der Waals surface area contributed by atoms with Crippen LogP contribution in [0, 0.1) is 0 Å². The van der Waals surface area contributed by atoms with E-state index >= 15 is 0 Å². The van der Waals surface area contributed by atoms with Gasteiger partial charge in [0.05, 0.1) is 0 Å². The van der Waals surface area contributed by atoms with Crippen LogP contribution in [0.1, 0.15) is 0 Å². The van der Waals surface area contributed by atoms with Crippen LogP contribution in [0.5, 0.6) is 0 Å². The zero-order chi connectivity index (χ0) is 10.7. The number of hydrogen-bond donors (Lipinski definition) is 9. The van der Waals surface area contributed by atoms with Gasteiger partial charge in [0.25, 0.3) is 0 Å². The topological polar surface area (TPSA) is 277 Å². The molecule has 0 fully saturated rings. The van der Waals surface area contributed by atoms with E-state index < -0.39 is 22.0 Å². The van der Waals surface area contributed by atoms with Crippen molar-refractivity contribution in [3.63, 3.8) is 0 Å². The van der Waals surface area contributed by atoms with E-state index in [1.165, 1.54) is 0 Å². The zero-order valence-corrected chi connectivity index (χ0v) is 8.48. The van der Waals surface area contributed by atoms with E-state index in [0.29, 0.717) is 0 Å². The number of halogens is 1. The van der Waals surface area contributed by atoms with Crippen LogP contribution in [0.2, 0.25) is 0 Å². The Hall–Kier alpha value is 2.06. The van der Waals surface area contributed by atoms with Gasteiger partial charge < -0.3 is 61.6 Å². The van der Waals surface area contributed by atoms with Gasteiger partial charge in [0.15, 0.2) is 0 Å². The molecule has 0 spiro atoms. The van der Waals surface area contributed by atoms with Crippen molar-refractivity contribution < 1.29 is 61.6 Å². The molecule has 0 unspecified atom stereocenters. The summed E-state index contributed by atoms with van der Waals surface area (Å²) >= 11 is 0. The molecule has 0 bridgehead atoms. The Morgan fingerprint density at radius 2 is 0.412 bits per heavy atom. The van der Waals surface area contributed by atoms with Crippen LogP contribution in [0.15, 0.2) is 0 Å². The summed E-state index contributed by atoms with van der Waals surface area (Å²) in [7, 11) is -6.50. The van der Waals surface area contributed by atoms with Crippen LogP contribution in [0.25, 0.3) is 0 Å². The molecule has 15 N–H and O–H groups in total. The van der Waals surface area contributed by atoms with E-state index in [0.717, 1.165) is 0 Å². The summed E-state index contributed by atoms with van der Waals surface area (Å²) in [5, 5.41) is 64.5. The third-order valence-corrected chi connectivity index (χ3v) is 0. The van der Waals surface area contributed by atoms with Crippen molar-refractivity contribution in [3.05, 3.63) is 0 Å². The SMILES string of the molecule is Cl.O.O.O.OB(O)O.OB(O)O.OB(O)O.[CsH]. The van der Waals surface area contributed by atoms with Gasteiger partial charge in [-0.2, -0.15) is 0 Å². The predicted molar refractivity (Wildman–Crippen MR) is 62.5 cm³/mol. The molecular formula is H17B3ClCsO12. The third kappa shape index (κ3) is 1100. The summed E-state index contributed by atoms with van der Waals surface area (Å²) in [5.74, 6) is 0. The van der Waals surface area contributed by atoms with Crippen LogP contribution < -0.4 is 0 Å². The fourth-order valence-corrected chi connectivity index (χ4v) is 0. The fourth-order valence-electron chi connectivity index (χ4n) is 0. The summed E-state index contributed by atoms with van der Waals surface area (Å²) in [6.45, 7) is 0. The molecule has 0 aromatic carbocycles. The molecule has 0 aliphatic carbocycles. The van der Waals surface area contributed by atoms with Crippen molar-refractivity contribution >= 4 is 103 Å². The van der Waals surface area contributed by atoms with E-state index in [-0.39, 0.29) is 97.7 Å². The Kier molecular flexibility index (Phi) is 128. The quantitative estimate of drug-likeness (QED) is 0.171. The van der Waals surface area contributed by atoms with E-state index in [9.17, 15) is 0 Å². The minimum absolute atomic E-state index is 0. The van der Waals surface area contributed by atoms with Gasteiger partial charge in [0.1, 0.15) is 0 Å². The predicted octanol–water partition coefficient (Wildman–Crippen LogP) is -8.86. The molecule has 12 nitrogen and oxygen atoms in total. The van der Waals surface area contributed by atoms with E-state index in [1.807, 2.05) is 0 Å². The minimum atomic E-state index is -2.17. The Balaban J connectivity index is -0.0000000104. The molecule has 0 aliphatic rings. The summed E-state index contributed by atoms with van der Waals surface area (Å²) in [5.41, 5.74) is 0. The molecule has 17 heteroatoms. The first kappa shape index (κ1) is 50.8. The Morgan fingerprint density at radius 3 is 0.412 bits per heavy atom. The van der Waals surface area contributed by atoms with Crippen LogP contribution >= 0.6 is 12.4 Å². The molecule has 0 aromatic rings. The Morgan fingerprint density at radius 1 is 0.412 bits per heavy atom. The second-order valence-electron chi connectivity index (χ2n) is 1.04. The molecule has 0 rings (SSSR count). The van der Waals surface area contributed by atoms with Gasteiger partial charge in [0.2, 0.25) is 0 Å². The van der Waals surface area contributed by atoms with E-state index in [1.54, 1.807) is 0 Å². The monoisotopic (exact) mass is 410 g/mol. The van der Waals surface area contributed by atoms with Crippen molar-refractivity contribution in [1.29, 1.82) is 0 Å². The van der Waals surface area contributed by atoms with Crippen LogP contribution in [-0.2, 0) is 0 Å². The van der Waals surface area contributed by atoms with Crippen molar-refractivity contribution in [3.8, 4) is 0 Å². The van der Waals surface area contributed by atoms with Crippen LogP contribution in [0.4, 0.5) is 0 Å². The van der Waals surface area contributed by atoms with Gasteiger partial charge in [-0.05, 0) is 0 Å².